The fourth-order valence-electron chi connectivity index (χ4n) is 5.85. The van der Waals surface area contributed by atoms with Gasteiger partial charge in [-0.2, -0.15) is 0 Å². The van der Waals surface area contributed by atoms with Crippen LogP contribution in [0.25, 0.3) is 54.9 Å². The van der Waals surface area contributed by atoms with E-state index in [0.29, 0.717) is 11.1 Å². The molecule has 0 spiro atoms. The fraction of sp³-hybridized carbons (Fsp3) is 0.200. The van der Waals surface area contributed by atoms with Crippen LogP contribution < -0.4 is 0 Å². The van der Waals surface area contributed by atoms with Crippen LogP contribution in [-0.2, 0) is 10.8 Å². The molecule has 0 unspecified atom stereocenters. The Labute approximate surface area is 248 Å². The van der Waals surface area contributed by atoms with E-state index in [4.69, 9.17) is 0 Å². The molecular formula is C40H38O2. The lowest BCUT2D eigenvalue weighted by molar-refractivity contribution is 0.470. The van der Waals surface area contributed by atoms with Gasteiger partial charge in [-0.05, 0) is 90.0 Å². The number of hydrogen-bond donors (Lipinski definition) is 2. The highest BCUT2D eigenvalue weighted by Crippen LogP contribution is 2.45. The van der Waals surface area contributed by atoms with Gasteiger partial charge in [0.15, 0.2) is 0 Å². The van der Waals surface area contributed by atoms with Crippen molar-refractivity contribution >= 4 is 21.5 Å². The third kappa shape index (κ3) is 5.03. The Morgan fingerprint density at radius 2 is 0.714 bits per heavy atom. The molecule has 0 bridgehead atoms. The summed E-state index contributed by atoms with van der Waals surface area (Å²) in [5.41, 5.74) is 8.63. The van der Waals surface area contributed by atoms with Crippen LogP contribution >= 0.6 is 0 Å². The lowest BCUT2D eigenvalue weighted by Crippen LogP contribution is -2.10. The quantitative estimate of drug-likeness (QED) is 0.230. The number of rotatable bonds is 3. The first-order valence-corrected chi connectivity index (χ1v) is 14.6. The predicted molar refractivity (Wildman–Crippen MR) is 178 cm³/mol. The molecule has 2 nitrogen and oxygen atoms in total. The summed E-state index contributed by atoms with van der Waals surface area (Å²) in [4.78, 5) is 0. The maximum Gasteiger partial charge on any atom is 0.124 e. The number of aromatic hydroxyl groups is 2. The minimum absolute atomic E-state index is 0.104. The number of hydrogen-bond acceptors (Lipinski definition) is 2. The van der Waals surface area contributed by atoms with E-state index in [9.17, 15) is 10.2 Å². The highest BCUT2D eigenvalue weighted by atomic mass is 16.3. The first-order chi connectivity index (χ1) is 19.9. The van der Waals surface area contributed by atoms with Gasteiger partial charge in [-0.1, -0.05) is 126 Å². The molecule has 0 saturated heterocycles. The summed E-state index contributed by atoms with van der Waals surface area (Å²) in [5.74, 6) is 0.295. The molecule has 6 aromatic carbocycles. The topological polar surface area (TPSA) is 40.5 Å². The maximum atomic E-state index is 11.2. The molecule has 0 amide bonds. The molecule has 0 fully saturated rings. The lowest BCUT2D eigenvalue weighted by Gasteiger charge is -2.19. The average molecular weight is 551 g/mol. The Morgan fingerprint density at radius 3 is 1.05 bits per heavy atom. The number of phenolic OH excluding ortho intramolecular Hbond substituents is 2. The molecule has 6 aromatic rings. The normalized spacial score (nSPS) is 12.2. The van der Waals surface area contributed by atoms with Gasteiger partial charge in [0.05, 0.1) is 0 Å². The molecule has 0 aliphatic rings. The molecular weight excluding hydrogens is 512 g/mol. The molecule has 2 N–H and O–H groups in total. The Bertz CT molecular complexity index is 1790. The Hall–Kier alpha value is -4.56. The van der Waals surface area contributed by atoms with Crippen LogP contribution in [0.1, 0.15) is 52.7 Å². The van der Waals surface area contributed by atoms with E-state index in [1.54, 1.807) is 12.1 Å². The van der Waals surface area contributed by atoms with Crippen molar-refractivity contribution in [3.8, 4) is 44.9 Å². The van der Waals surface area contributed by atoms with E-state index in [1.165, 1.54) is 11.1 Å². The zero-order chi connectivity index (χ0) is 29.8. The Morgan fingerprint density at radius 1 is 0.381 bits per heavy atom. The molecule has 0 heterocycles. The first kappa shape index (κ1) is 27.6. The van der Waals surface area contributed by atoms with Crippen LogP contribution in [0, 0.1) is 0 Å². The largest absolute Gasteiger partial charge is 0.507 e. The van der Waals surface area contributed by atoms with E-state index >= 15 is 0 Å². The van der Waals surface area contributed by atoms with Crippen molar-refractivity contribution in [3.05, 3.63) is 120 Å². The van der Waals surface area contributed by atoms with Crippen LogP contribution in [0.4, 0.5) is 0 Å². The van der Waals surface area contributed by atoms with Gasteiger partial charge in [-0.3, -0.25) is 0 Å². The van der Waals surface area contributed by atoms with Gasteiger partial charge >= 0.3 is 0 Å². The molecule has 2 heteroatoms. The number of phenols is 2. The van der Waals surface area contributed by atoms with E-state index in [2.05, 4.69) is 126 Å². The lowest BCUT2D eigenvalue weighted by atomic mass is 9.85. The van der Waals surface area contributed by atoms with Gasteiger partial charge in [-0.15, -0.1) is 0 Å². The molecule has 42 heavy (non-hydrogen) atoms. The van der Waals surface area contributed by atoms with E-state index in [1.807, 2.05) is 12.1 Å². The highest BCUT2D eigenvalue weighted by Gasteiger charge is 2.19. The van der Waals surface area contributed by atoms with Crippen molar-refractivity contribution < 1.29 is 10.2 Å². The van der Waals surface area contributed by atoms with E-state index in [-0.39, 0.29) is 22.3 Å². The Balaban J connectivity index is 1.44. The van der Waals surface area contributed by atoms with E-state index in [0.717, 1.165) is 43.8 Å². The molecule has 0 aliphatic heterocycles. The molecule has 210 valence electrons. The average Bonchev–Trinajstić information content (AvgIpc) is 2.96. The van der Waals surface area contributed by atoms with Gasteiger partial charge in [0.2, 0.25) is 0 Å². The third-order valence-electron chi connectivity index (χ3n) is 8.41. The van der Waals surface area contributed by atoms with Crippen LogP contribution in [0.5, 0.6) is 11.5 Å². The fourth-order valence-corrected chi connectivity index (χ4v) is 5.85. The van der Waals surface area contributed by atoms with Crippen molar-refractivity contribution in [2.75, 3.05) is 0 Å². The summed E-state index contributed by atoms with van der Waals surface area (Å²) >= 11 is 0. The monoisotopic (exact) mass is 550 g/mol. The smallest absolute Gasteiger partial charge is 0.124 e. The number of benzene rings is 6. The van der Waals surface area contributed by atoms with Crippen LogP contribution in [0.15, 0.2) is 109 Å². The molecule has 6 rings (SSSR count). The van der Waals surface area contributed by atoms with Crippen molar-refractivity contribution in [1.82, 2.24) is 0 Å². The minimum Gasteiger partial charge on any atom is -0.507 e. The predicted octanol–water partition coefficient (Wildman–Crippen LogP) is 11.0. The summed E-state index contributed by atoms with van der Waals surface area (Å²) in [7, 11) is 0. The van der Waals surface area contributed by atoms with E-state index < -0.39 is 0 Å². The molecule has 0 radical (unpaired) electrons. The number of fused-ring (bicyclic) bond motifs is 2. The summed E-state index contributed by atoms with van der Waals surface area (Å²) in [6.45, 7) is 13.3. The first-order valence-electron chi connectivity index (χ1n) is 14.6. The minimum atomic E-state index is 0.104. The summed E-state index contributed by atoms with van der Waals surface area (Å²) in [5, 5.41) is 26.1. The van der Waals surface area contributed by atoms with Gasteiger partial charge in [0.1, 0.15) is 11.5 Å². The maximum absolute atomic E-state index is 11.2. The molecule has 0 aliphatic carbocycles. The Kier molecular flexibility index (Phi) is 6.61. The summed E-state index contributed by atoms with van der Waals surface area (Å²) < 4.78 is 0. The molecule has 0 saturated carbocycles. The second kappa shape index (κ2) is 10.1. The van der Waals surface area contributed by atoms with Gasteiger partial charge in [-0.25, -0.2) is 0 Å². The molecule has 0 aromatic heterocycles. The standard InChI is InChI=1S/C40H38O2/c1-39(2,3)31-15-7-25(8-16-31)27-11-19-33-29(23-27)13-21-35(41)37(33)38-34-20-12-28(24-30(34)14-22-36(38)42)26-9-17-32(18-10-26)40(4,5)6/h7-24,41-42H,1-6H3. The second-order valence-corrected chi connectivity index (χ2v) is 13.4. The van der Waals surface area contributed by atoms with Crippen molar-refractivity contribution in [2.24, 2.45) is 0 Å². The SMILES string of the molecule is CC(C)(C)c1ccc(-c2ccc3c(-c4c(O)ccc5cc(-c6ccc(C(C)(C)C)cc6)ccc45)c(O)ccc3c2)cc1. The van der Waals surface area contributed by atoms with Crippen molar-refractivity contribution in [2.45, 2.75) is 52.4 Å². The van der Waals surface area contributed by atoms with Crippen molar-refractivity contribution in [3.63, 3.8) is 0 Å². The molecule has 0 atom stereocenters. The van der Waals surface area contributed by atoms with Crippen molar-refractivity contribution in [1.29, 1.82) is 0 Å². The zero-order valence-corrected chi connectivity index (χ0v) is 25.3. The van der Waals surface area contributed by atoms with Crippen LogP contribution in [0.3, 0.4) is 0 Å². The third-order valence-corrected chi connectivity index (χ3v) is 8.41. The highest BCUT2D eigenvalue weighted by molar-refractivity contribution is 6.10. The second-order valence-electron chi connectivity index (χ2n) is 13.4. The van der Waals surface area contributed by atoms with Gasteiger partial charge < -0.3 is 10.2 Å². The summed E-state index contributed by atoms with van der Waals surface area (Å²) in [6.07, 6.45) is 0. The summed E-state index contributed by atoms with van der Waals surface area (Å²) in [6, 6.07) is 37.5. The van der Waals surface area contributed by atoms with Crippen LogP contribution in [0.2, 0.25) is 0 Å². The zero-order valence-electron chi connectivity index (χ0n) is 25.3. The van der Waals surface area contributed by atoms with Gasteiger partial charge in [0, 0.05) is 11.1 Å². The van der Waals surface area contributed by atoms with Crippen LogP contribution in [-0.4, -0.2) is 10.2 Å². The van der Waals surface area contributed by atoms with Gasteiger partial charge in [0.25, 0.3) is 0 Å².